The maximum Gasteiger partial charge on any atom is 0.439 e. The third kappa shape index (κ3) is 4.67. The Labute approximate surface area is 211 Å². The van der Waals surface area contributed by atoms with Crippen LogP contribution >= 0.6 is 11.8 Å². The lowest BCUT2D eigenvalue weighted by atomic mass is 9.98. The van der Waals surface area contributed by atoms with Gasteiger partial charge in [-0.1, -0.05) is 103 Å². The first-order valence-electron chi connectivity index (χ1n) is 11.6. The van der Waals surface area contributed by atoms with Crippen molar-refractivity contribution in [1.82, 2.24) is 19.7 Å². The predicted octanol–water partition coefficient (Wildman–Crippen LogP) is 5.39. The zero-order valence-corrected chi connectivity index (χ0v) is 20.7. The summed E-state index contributed by atoms with van der Waals surface area (Å²) in [6, 6.07) is 25.4. The highest BCUT2D eigenvalue weighted by atomic mass is 32.2. The van der Waals surface area contributed by atoms with Crippen molar-refractivity contribution in [3.8, 4) is 33.6 Å². The van der Waals surface area contributed by atoms with Crippen LogP contribution in [0.1, 0.15) is 18.2 Å². The van der Waals surface area contributed by atoms with Crippen molar-refractivity contribution in [3.05, 3.63) is 111 Å². The van der Waals surface area contributed by atoms with Gasteiger partial charge in [0.25, 0.3) is 5.56 Å². The molecule has 36 heavy (non-hydrogen) atoms. The van der Waals surface area contributed by atoms with Gasteiger partial charge in [-0.05, 0) is 34.9 Å². The lowest BCUT2D eigenvalue weighted by Gasteiger charge is -2.16. The van der Waals surface area contributed by atoms with E-state index in [2.05, 4.69) is 21.6 Å². The number of rotatable bonds is 7. The number of nitrogens with one attached hydrogen (secondary N) is 1. The summed E-state index contributed by atoms with van der Waals surface area (Å²) in [6.07, 6.45) is 0. The molecule has 0 unspecified atom stereocenters. The second-order valence-corrected chi connectivity index (χ2v) is 9.46. The van der Waals surface area contributed by atoms with Gasteiger partial charge in [-0.3, -0.25) is 18.9 Å². The number of nitrogens with zero attached hydrogens (tertiary/aromatic N) is 3. The Morgan fingerprint density at radius 2 is 1.58 bits per heavy atom. The molecular formula is C28H24N4O3S. The molecule has 0 spiro atoms. The van der Waals surface area contributed by atoms with Gasteiger partial charge >= 0.3 is 5.76 Å². The molecular weight excluding hydrogens is 472 g/mol. The molecule has 0 fully saturated rings. The first-order chi connectivity index (χ1) is 17.5. The zero-order chi connectivity index (χ0) is 25.1. The van der Waals surface area contributed by atoms with Crippen molar-refractivity contribution >= 4 is 11.8 Å². The van der Waals surface area contributed by atoms with Gasteiger partial charge in [0.2, 0.25) is 0 Å². The van der Waals surface area contributed by atoms with Crippen LogP contribution < -0.4 is 11.3 Å². The Bertz CT molecular complexity index is 1620. The average molecular weight is 497 g/mol. The van der Waals surface area contributed by atoms with Gasteiger partial charge in [-0.15, -0.1) is 0 Å². The minimum atomic E-state index is -0.595. The fourth-order valence-corrected chi connectivity index (χ4v) is 4.97. The van der Waals surface area contributed by atoms with Crippen molar-refractivity contribution in [2.24, 2.45) is 0 Å². The first kappa shape index (κ1) is 23.6. The van der Waals surface area contributed by atoms with E-state index < -0.39 is 5.76 Å². The number of aryl methyl sites for hydroxylation is 1. The van der Waals surface area contributed by atoms with Crippen molar-refractivity contribution in [3.63, 3.8) is 0 Å². The van der Waals surface area contributed by atoms with Crippen LogP contribution in [0.4, 0.5) is 0 Å². The Balaban J connectivity index is 1.52. The van der Waals surface area contributed by atoms with Crippen LogP contribution in [0.25, 0.3) is 33.6 Å². The highest BCUT2D eigenvalue weighted by Crippen LogP contribution is 2.30. The second kappa shape index (κ2) is 10.2. The first-order valence-corrected chi connectivity index (χ1v) is 12.6. The normalized spacial score (nSPS) is 11.1. The quantitative estimate of drug-likeness (QED) is 0.240. The number of aromatic nitrogens is 4. The molecule has 5 rings (SSSR count). The molecule has 8 heteroatoms. The lowest BCUT2D eigenvalue weighted by molar-refractivity contribution is 0.388. The number of hydrogen-bond donors (Lipinski definition) is 1. The summed E-state index contributed by atoms with van der Waals surface area (Å²) < 4.78 is 6.44. The van der Waals surface area contributed by atoms with E-state index in [1.807, 2.05) is 85.8 Å². The monoisotopic (exact) mass is 496 g/mol. The van der Waals surface area contributed by atoms with Gasteiger partial charge in [0.15, 0.2) is 11.0 Å². The van der Waals surface area contributed by atoms with Gasteiger partial charge in [0.1, 0.15) is 0 Å². The minimum Gasteiger partial charge on any atom is -0.296 e. The smallest absolute Gasteiger partial charge is 0.296 e. The van der Waals surface area contributed by atoms with E-state index in [0.29, 0.717) is 23.1 Å². The van der Waals surface area contributed by atoms with Crippen molar-refractivity contribution in [1.29, 1.82) is 0 Å². The summed E-state index contributed by atoms with van der Waals surface area (Å²) >= 11 is 1.56. The molecule has 0 aliphatic rings. The van der Waals surface area contributed by atoms with Crippen molar-refractivity contribution in [2.75, 3.05) is 5.75 Å². The summed E-state index contributed by atoms with van der Waals surface area (Å²) in [4.78, 5) is 32.5. The topological polar surface area (TPSA) is 93.8 Å². The molecule has 5 aromatic rings. The average Bonchev–Trinajstić information content (AvgIpc) is 3.33. The molecule has 0 atom stereocenters. The summed E-state index contributed by atoms with van der Waals surface area (Å²) in [7, 11) is 0. The Morgan fingerprint density at radius 1 is 0.889 bits per heavy atom. The van der Waals surface area contributed by atoms with Gasteiger partial charge in [-0.25, -0.2) is 9.78 Å². The highest BCUT2D eigenvalue weighted by molar-refractivity contribution is 7.99. The molecule has 0 radical (unpaired) electrons. The van der Waals surface area contributed by atoms with Crippen molar-refractivity contribution in [2.45, 2.75) is 25.5 Å². The van der Waals surface area contributed by atoms with Crippen molar-refractivity contribution < 1.29 is 4.52 Å². The van der Waals surface area contributed by atoms with E-state index in [0.717, 1.165) is 39.3 Å². The number of hydrogen-bond acceptors (Lipinski definition) is 6. The molecule has 0 saturated carbocycles. The molecule has 3 aromatic carbocycles. The molecule has 1 N–H and O–H groups in total. The van der Waals surface area contributed by atoms with Crippen LogP contribution in [-0.2, 0) is 6.54 Å². The summed E-state index contributed by atoms with van der Waals surface area (Å²) in [5.74, 6) is 0.603. The molecule has 2 heterocycles. The van der Waals surface area contributed by atoms with Gasteiger partial charge in [0.05, 0.1) is 17.8 Å². The Morgan fingerprint density at radius 3 is 2.25 bits per heavy atom. The molecule has 0 aliphatic heterocycles. The van der Waals surface area contributed by atoms with E-state index in [9.17, 15) is 9.59 Å². The van der Waals surface area contributed by atoms with E-state index >= 15 is 0 Å². The number of benzene rings is 3. The molecule has 0 aliphatic carbocycles. The largest absolute Gasteiger partial charge is 0.439 e. The molecule has 2 aromatic heterocycles. The third-order valence-corrected chi connectivity index (χ3v) is 6.74. The zero-order valence-electron chi connectivity index (χ0n) is 19.9. The SMILES string of the molecule is CCSc1nc(C)c(-c2ccccc2)c(=O)n1Cc1ccc(-c2ccccc2-c2noc(=O)[nH]2)cc1. The number of H-pyrrole nitrogens is 1. The van der Waals surface area contributed by atoms with Gasteiger partial charge in [0, 0.05) is 5.56 Å². The Hall–Kier alpha value is -4.17. The second-order valence-electron chi connectivity index (χ2n) is 8.23. The molecule has 0 amide bonds. The maximum atomic E-state index is 13.6. The van der Waals surface area contributed by atoms with Crippen LogP contribution in [0.5, 0.6) is 0 Å². The molecule has 0 bridgehead atoms. The van der Waals surface area contributed by atoms with E-state index in [1.165, 1.54) is 0 Å². The van der Waals surface area contributed by atoms with Crippen LogP contribution in [0, 0.1) is 6.92 Å². The van der Waals surface area contributed by atoms with E-state index in [-0.39, 0.29) is 5.56 Å². The van der Waals surface area contributed by atoms with Gasteiger partial charge in [-0.2, -0.15) is 0 Å². The summed E-state index contributed by atoms with van der Waals surface area (Å²) in [6.45, 7) is 4.35. The summed E-state index contributed by atoms with van der Waals surface area (Å²) in [5, 5.41) is 4.54. The minimum absolute atomic E-state index is 0.0472. The Kier molecular flexibility index (Phi) is 6.69. The van der Waals surface area contributed by atoms with E-state index in [4.69, 9.17) is 4.98 Å². The number of aromatic amines is 1. The lowest BCUT2D eigenvalue weighted by Crippen LogP contribution is -2.26. The summed E-state index contributed by atoms with van der Waals surface area (Å²) in [5.41, 5.74) is 5.80. The number of thioether (sulfide) groups is 1. The maximum absolute atomic E-state index is 13.6. The standard InChI is InChI=1S/C28H24N4O3S/c1-3-36-27-29-18(2)24(21-9-5-4-6-10-21)26(33)32(27)17-19-13-15-20(16-14-19)22-11-7-8-12-23(22)25-30-28(34)35-31-25/h4-16H,3,17H2,1-2H3,(H,30,31,34). The fraction of sp³-hybridized carbons (Fsp3) is 0.143. The molecule has 7 nitrogen and oxygen atoms in total. The van der Waals surface area contributed by atoms with Crippen LogP contribution in [0.3, 0.4) is 0 Å². The third-order valence-electron chi connectivity index (χ3n) is 5.88. The predicted molar refractivity (Wildman–Crippen MR) is 142 cm³/mol. The molecule has 0 saturated heterocycles. The van der Waals surface area contributed by atoms with Crippen LogP contribution in [0.15, 0.2) is 98.1 Å². The fourth-order valence-electron chi connectivity index (χ4n) is 4.21. The van der Waals surface area contributed by atoms with E-state index in [1.54, 1.807) is 16.3 Å². The van der Waals surface area contributed by atoms with Crippen LogP contribution in [-0.4, -0.2) is 25.4 Å². The van der Waals surface area contributed by atoms with Crippen LogP contribution in [0.2, 0.25) is 0 Å². The highest BCUT2D eigenvalue weighted by Gasteiger charge is 2.17. The molecule has 180 valence electrons. The van der Waals surface area contributed by atoms with Gasteiger partial charge < -0.3 is 0 Å².